The summed E-state index contributed by atoms with van der Waals surface area (Å²) in [6.45, 7) is 0. The molecule has 0 aromatic heterocycles. The van der Waals surface area contributed by atoms with Crippen molar-refractivity contribution < 1.29 is 0 Å². The van der Waals surface area contributed by atoms with Gasteiger partial charge in [-0.2, -0.15) is 0 Å². The first kappa shape index (κ1) is 15.5. The summed E-state index contributed by atoms with van der Waals surface area (Å²) >= 11 is 0. The minimum absolute atomic E-state index is 0. The minimum Gasteiger partial charge on any atom is -0.369 e. The van der Waals surface area contributed by atoms with Gasteiger partial charge in [-0.25, -0.2) is 0 Å². The van der Waals surface area contributed by atoms with Crippen LogP contribution in [0.2, 0.25) is 0 Å². The van der Waals surface area contributed by atoms with Crippen molar-refractivity contribution in [1.29, 1.82) is 10.8 Å². The van der Waals surface area contributed by atoms with Crippen LogP contribution in [0.4, 0.5) is 11.4 Å². The van der Waals surface area contributed by atoms with Crippen molar-refractivity contribution in [2.45, 2.75) is 0 Å². The normalized spacial score (nSPS) is 9.20. The van der Waals surface area contributed by atoms with Crippen molar-refractivity contribution in [3.05, 3.63) is 60.7 Å². The van der Waals surface area contributed by atoms with E-state index >= 15 is 0 Å². The smallest absolute Gasteiger partial charge is 0.207 e. The largest absolute Gasteiger partial charge is 0.369 e. The number of rotatable bonds is 2. The lowest BCUT2D eigenvalue weighted by atomic mass is 10.3. The van der Waals surface area contributed by atoms with Gasteiger partial charge in [-0.3, -0.25) is 15.7 Å². The number of nitrogens with two attached hydrogens (primary N) is 1. The summed E-state index contributed by atoms with van der Waals surface area (Å²) in [6, 6.07) is 18.5. The van der Waals surface area contributed by atoms with Gasteiger partial charge in [-0.1, -0.05) is 36.4 Å². The predicted molar refractivity (Wildman–Crippen MR) is 85.9 cm³/mol. The Bertz CT molecular complexity index is 571. The number of halogens is 1. The Balaban J connectivity index is 0.00000200. The van der Waals surface area contributed by atoms with E-state index in [9.17, 15) is 0 Å². The third-order valence-corrected chi connectivity index (χ3v) is 2.52. The van der Waals surface area contributed by atoms with Crippen molar-refractivity contribution in [1.82, 2.24) is 0 Å². The van der Waals surface area contributed by atoms with Crippen molar-refractivity contribution in [3.63, 3.8) is 0 Å². The Morgan fingerprint density at radius 1 is 0.900 bits per heavy atom. The fourth-order valence-corrected chi connectivity index (χ4v) is 1.68. The van der Waals surface area contributed by atoms with Gasteiger partial charge in [0.25, 0.3) is 0 Å². The molecule has 20 heavy (non-hydrogen) atoms. The van der Waals surface area contributed by atoms with Crippen LogP contribution in [0.25, 0.3) is 0 Å². The number of benzene rings is 2. The minimum atomic E-state index is -0.209. The zero-order chi connectivity index (χ0) is 13.7. The summed E-state index contributed by atoms with van der Waals surface area (Å²) in [7, 11) is 0. The van der Waals surface area contributed by atoms with E-state index in [0.717, 1.165) is 5.69 Å². The van der Waals surface area contributed by atoms with Gasteiger partial charge in [0.1, 0.15) is 0 Å². The Morgan fingerprint density at radius 2 is 1.40 bits per heavy atom. The van der Waals surface area contributed by atoms with E-state index in [1.54, 1.807) is 12.1 Å². The number of anilines is 2. The Hall–Kier alpha value is -2.53. The molecule has 104 valence electrons. The predicted octanol–water partition coefficient (Wildman–Crippen LogP) is 2.86. The first-order valence-electron chi connectivity index (χ1n) is 5.78. The van der Waals surface area contributed by atoms with Crippen LogP contribution in [0, 0.1) is 10.8 Å². The molecule has 0 atom stereocenters. The number of hydrogen-bond donors (Lipinski definition) is 4. The molecule has 0 aliphatic heterocycles. The highest BCUT2D eigenvalue weighted by Crippen LogP contribution is 2.14. The molecule has 2 aromatic rings. The van der Waals surface area contributed by atoms with E-state index in [-0.39, 0.29) is 24.3 Å². The van der Waals surface area contributed by atoms with Crippen LogP contribution in [0.5, 0.6) is 0 Å². The Morgan fingerprint density at radius 3 is 1.90 bits per heavy atom. The first-order valence-corrected chi connectivity index (χ1v) is 5.78. The Labute approximate surface area is 123 Å². The molecule has 5 N–H and O–H groups in total. The van der Waals surface area contributed by atoms with Crippen molar-refractivity contribution in [2.24, 2.45) is 5.73 Å². The van der Waals surface area contributed by atoms with Gasteiger partial charge in [-0.05, 0) is 24.3 Å². The summed E-state index contributed by atoms with van der Waals surface area (Å²) in [4.78, 5) is 1.33. The fraction of sp³-hybridized carbons (Fsp3) is 0. The van der Waals surface area contributed by atoms with E-state index in [1.165, 1.54) is 4.90 Å². The van der Waals surface area contributed by atoms with Gasteiger partial charge in [0.05, 0.1) is 5.69 Å². The number of hydrogen-bond acceptors (Lipinski definition) is 2. The van der Waals surface area contributed by atoms with Gasteiger partial charge < -0.3 is 11.1 Å². The van der Waals surface area contributed by atoms with E-state index in [2.05, 4.69) is 5.32 Å². The number of guanidine groups is 2. The second-order valence-electron chi connectivity index (χ2n) is 3.90. The van der Waals surface area contributed by atoms with Gasteiger partial charge in [0, 0.05) is 5.69 Å². The molecule has 0 bridgehead atoms. The van der Waals surface area contributed by atoms with Gasteiger partial charge >= 0.3 is 0 Å². The van der Waals surface area contributed by atoms with Gasteiger partial charge in [0.2, 0.25) is 5.96 Å². The SMILES string of the molecule is Cl.N=C(N)N(C(=N)Nc1ccccc1)c1ccccc1. The molecular formula is C14H16ClN5. The van der Waals surface area contributed by atoms with E-state index in [0.29, 0.717) is 5.69 Å². The number of nitrogens with one attached hydrogen (secondary N) is 3. The maximum absolute atomic E-state index is 8.05. The Kier molecular flexibility index (Phi) is 5.56. The highest BCUT2D eigenvalue weighted by molar-refractivity contribution is 6.19. The monoisotopic (exact) mass is 289 g/mol. The molecule has 0 amide bonds. The standard InChI is InChI=1S/C14H15N5.ClH/c15-13(16)19(12-9-5-2-6-10-12)14(17)18-11-7-3-1-4-8-11;/h1-10H,(H3,15,16)(H2,17,18);1H. The average molecular weight is 290 g/mol. The number of nitrogens with zero attached hydrogens (tertiary/aromatic N) is 1. The molecule has 0 aliphatic rings. The highest BCUT2D eigenvalue weighted by Gasteiger charge is 2.14. The van der Waals surface area contributed by atoms with Crippen LogP contribution >= 0.6 is 12.4 Å². The topological polar surface area (TPSA) is 89.0 Å². The summed E-state index contributed by atoms with van der Waals surface area (Å²) in [5.74, 6) is -0.176. The van der Waals surface area contributed by atoms with E-state index in [4.69, 9.17) is 16.6 Å². The summed E-state index contributed by atoms with van der Waals surface area (Å²) < 4.78 is 0. The second-order valence-corrected chi connectivity index (χ2v) is 3.90. The van der Waals surface area contributed by atoms with Crippen molar-refractivity contribution >= 4 is 35.7 Å². The zero-order valence-electron chi connectivity index (χ0n) is 10.7. The molecule has 0 radical (unpaired) electrons. The fourth-order valence-electron chi connectivity index (χ4n) is 1.68. The van der Waals surface area contributed by atoms with E-state index in [1.807, 2.05) is 48.5 Å². The van der Waals surface area contributed by atoms with Gasteiger partial charge in [-0.15, -0.1) is 12.4 Å². The molecule has 0 heterocycles. The first-order chi connectivity index (χ1) is 9.18. The molecule has 0 saturated heterocycles. The molecule has 2 rings (SSSR count). The lowest BCUT2D eigenvalue weighted by Gasteiger charge is -2.23. The zero-order valence-corrected chi connectivity index (χ0v) is 11.5. The van der Waals surface area contributed by atoms with Crippen LogP contribution in [0.3, 0.4) is 0 Å². The third kappa shape index (κ3) is 3.73. The van der Waals surface area contributed by atoms with Crippen LogP contribution in [0.15, 0.2) is 60.7 Å². The maximum atomic E-state index is 8.05. The molecule has 2 aromatic carbocycles. The van der Waals surface area contributed by atoms with Crippen molar-refractivity contribution in [2.75, 3.05) is 10.2 Å². The van der Waals surface area contributed by atoms with Crippen LogP contribution in [0.1, 0.15) is 0 Å². The molecule has 5 nitrogen and oxygen atoms in total. The molecule has 0 aliphatic carbocycles. The quantitative estimate of drug-likeness (QED) is 0.506. The molecule has 0 fully saturated rings. The van der Waals surface area contributed by atoms with Crippen LogP contribution in [-0.4, -0.2) is 11.9 Å². The molecule has 6 heteroatoms. The lowest BCUT2D eigenvalue weighted by molar-refractivity contribution is 1.25. The maximum Gasteiger partial charge on any atom is 0.207 e. The molecule has 0 spiro atoms. The van der Waals surface area contributed by atoms with Gasteiger partial charge in [0.15, 0.2) is 5.96 Å². The summed E-state index contributed by atoms with van der Waals surface area (Å²) in [6.07, 6.45) is 0. The highest BCUT2D eigenvalue weighted by atomic mass is 35.5. The molecular weight excluding hydrogens is 274 g/mol. The summed E-state index contributed by atoms with van der Waals surface area (Å²) in [5, 5.41) is 18.6. The summed E-state index contributed by atoms with van der Waals surface area (Å²) in [5.41, 5.74) is 6.99. The second kappa shape index (κ2) is 7.16. The molecule has 0 unspecified atom stereocenters. The average Bonchev–Trinajstić information content (AvgIpc) is 2.40. The van der Waals surface area contributed by atoms with Crippen molar-refractivity contribution in [3.8, 4) is 0 Å². The third-order valence-electron chi connectivity index (χ3n) is 2.52. The molecule has 0 saturated carbocycles. The number of para-hydroxylation sites is 2. The van der Waals surface area contributed by atoms with E-state index < -0.39 is 0 Å². The lowest BCUT2D eigenvalue weighted by Crippen LogP contribution is -2.44. The van der Waals surface area contributed by atoms with Crippen LogP contribution in [-0.2, 0) is 0 Å². The van der Waals surface area contributed by atoms with Crippen LogP contribution < -0.4 is 16.0 Å².